The molecule has 0 spiro atoms. The Hall–Kier alpha value is -0.880. The van der Waals surface area contributed by atoms with Crippen molar-refractivity contribution in [2.45, 2.75) is 33.1 Å². The monoisotopic (exact) mass is 361 g/mol. The zero-order chi connectivity index (χ0) is 15.3. The Balaban J connectivity index is 2.54. The van der Waals surface area contributed by atoms with Crippen molar-refractivity contribution in [3.63, 3.8) is 0 Å². The van der Waals surface area contributed by atoms with E-state index in [1.807, 2.05) is 32.9 Å². The summed E-state index contributed by atoms with van der Waals surface area (Å²) in [7, 11) is 0. The minimum Gasteiger partial charge on any atom is -0.481 e. The Labute approximate surface area is 131 Å². The third-order valence-corrected chi connectivity index (χ3v) is 4.85. The van der Waals surface area contributed by atoms with Crippen molar-refractivity contribution >= 4 is 39.1 Å². The maximum atomic E-state index is 12.1. The van der Waals surface area contributed by atoms with Gasteiger partial charge in [-0.15, -0.1) is 11.3 Å². The van der Waals surface area contributed by atoms with Gasteiger partial charge in [-0.2, -0.15) is 0 Å². The lowest BCUT2D eigenvalue weighted by Crippen LogP contribution is -2.35. The number of thiophene rings is 1. The second-order valence-corrected chi connectivity index (χ2v) is 7.77. The summed E-state index contributed by atoms with van der Waals surface area (Å²) >= 11 is 4.88. The minimum atomic E-state index is -0.856. The van der Waals surface area contributed by atoms with Crippen LogP contribution in [0, 0.1) is 11.8 Å². The van der Waals surface area contributed by atoms with Crippen molar-refractivity contribution in [2.75, 3.05) is 6.54 Å². The number of hydrogen-bond donors (Lipinski definition) is 2. The Kier molecular flexibility index (Phi) is 6.68. The molecular formula is C14H20BrNO3S. The molecule has 0 radical (unpaired) electrons. The van der Waals surface area contributed by atoms with Gasteiger partial charge in [0.1, 0.15) is 0 Å². The molecule has 0 bridgehead atoms. The fourth-order valence-electron chi connectivity index (χ4n) is 1.91. The molecule has 0 aromatic carbocycles. The average Bonchev–Trinajstić information content (AvgIpc) is 2.79. The van der Waals surface area contributed by atoms with Gasteiger partial charge < -0.3 is 10.4 Å². The predicted molar refractivity (Wildman–Crippen MR) is 84.0 cm³/mol. The van der Waals surface area contributed by atoms with Crippen LogP contribution in [-0.4, -0.2) is 23.5 Å². The highest BCUT2D eigenvalue weighted by molar-refractivity contribution is 9.11. The van der Waals surface area contributed by atoms with Gasteiger partial charge in [-0.1, -0.05) is 13.8 Å². The number of rotatable bonds is 7. The normalized spacial score (nSPS) is 14.1. The van der Waals surface area contributed by atoms with Crippen LogP contribution in [0.5, 0.6) is 0 Å². The van der Waals surface area contributed by atoms with Gasteiger partial charge in [0, 0.05) is 11.4 Å². The summed E-state index contributed by atoms with van der Waals surface area (Å²) in [6.45, 7) is 5.96. The summed E-state index contributed by atoms with van der Waals surface area (Å²) in [5, 5.41) is 11.9. The smallest absolute Gasteiger partial charge is 0.308 e. The van der Waals surface area contributed by atoms with E-state index in [1.54, 1.807) is 0 Å². The van der Waals surface area contributed by atoms with Crippen molar-refractivity contribution in [3.8, 4) is 0 Å². The van der Waals surface area contributed by atoms with Gasteiger partial charge in [0.2, 0.25) is 5.91 Å². The van der Waals surface area contributed by atoms with E-state index in [0.29, 0.717) is 12.3 Å². The largest absolute Gasteiger partial charge is 0.481 e. The molecule has 4 nitrogen and oxygen atoms in total. The quantitative estimate of drug-likeness (QED) is 0.781. The average molecular weight is 362 g/mol. The highest BCUT2D eigenvalue weighted by Crippen LogP contribution is 2.28. The van der Waals surface area contributed by atoms with E-state index in [2.05, 4.69) is 21.2 Å². The van der Waals surface area contributed by atoms with Crippen LogP contribution in [0.2, 0.25) is 0 Å². The molecule has 1 aromatic rings. The molecule has 2 atom stereocenters. The van der Waals surface area contributed by atoms with Crippen molar-refractivity contribution in [1.82, 2.24) is 5.32 Å². The molecule has 2 N–H and O–H groups in total. The number of hydrogen-bond acceptors (Lipinski definition) is 3. The first-order chi connectivity index (χ1) is 9.31. The van der Waals surface area contributed by atoms with Crippen molar-refractivity contribution in [2.24, 2.45) is 11.8 Å². The molecule has 20 heavy (non-hydrogen) atoms. The van der Waals surface area contributed by atoms with Crippen LogP contribution in [-0.2, 0) is 9.59 Å². The molecule has 0 aliphatic heterocycles. The molecule has 0 saturated carbocycles. The minimum absolute atomic E-state index is 0.130. The molecule has 0 aliphatic rings. The van der Waals surface area contributed by atoms with E-state index < -0.39 is 11.9 Å². The summed E-state index contributed by atoms with van der Waals surface area (Å²) in [5.41, 5.74) is 0. The van der Waals surface area contributed by atoms with E-state index in [-0.39, 0.29) is 18.4 Å². The first kappa shape index (κ1) is 17.2. The molecule has 1 heterocycles. The molecule has 2 unspecified atom stereocenters. The Morgan fingerprint density at radius 3 is 2.45 bits per heavy atom. The second kappa shape index (κ2) is 7.78. The Bertz CT molecular complexity index is 473. The van der Waals surface area contributed by atoms with Crippen LogP contribution >= 0.6 is 27.3 Å². The molecular weight excluding hydrogens is 342 g/mol. The topological polar surface area (TPSA) is 66.4 Å². The van der Waals surface area contributed by atoms with E-state index in [4.69, 9.17) is 5.11 Å². The maximum absolute atomic E-state index is 12.1. The van der Waals surface area contributed by atoms with Gasteiger partial charge in [0.15, 0.2) is 0 Å². The molecule has 1 aromatic heterocycles. The zero-order valence-corrected chi connectivity index (χ0v) is 14.3. The van der Waals surface area contributed by atoms with E-state index in [9.17, 15) is 9.59 Å². The zero-order valence-electron chi connectivity index (χ0n) is 11.9. The highest BCUT2D eigenvalue weighted by atomic mass is 79.9. The van der Waals surface area contributed by atoms with Gasteiger partial charge in [-0.3, -0.25) is 9.59 Å². The number of carboxylic acids is 1. The first-order valence-corrected chi connectivity index (χ1v) is 8.18. The van der Waals surface area contributed by atoms with Crippen molar-refractivity contribution in [1.29, 1.82) is 0 Å². The lowest BCUT2D eigenvalue weighted by Gasteiger charge is -2.17. The van der Waals surface area contributed by atoms with Gasteiger partial charge in [-0.25, -0.2) is 0 Å². The molecule has 112 valence electrons. The fourth-order valence-corrected chi connectivity index (χ4v) is 3.38. The van der Waals surface area contributed by atoms with Gasteiger partial charge in [0.05, 0.1) is 15.6 Å². The standard InChI is InChI=1S/C14H20BrNO3S/c1-8(2)6-10(14(18)19)7-16-13(17)9(3)11-4-5-12(15)20-11/h4-5,8-10H,6-7H2,1-3H3,(H,16,17)(H,18,19). The molecule has 1 amide bonds. The van der Waals surface area contributed by atoms with Crippen LogP contribution in [0.3, 0.4) is 0 Å². The summed E-state index contributed by atoms with van der Waals surface area (Å²) < 4.78 is 0.982. The van der Waals surface area contributed by atoms with Crippen LogP contribution in [0.1, 0.15) is 38.0 Å². The van der Waals surface area contributed by atoms with E-state index in [0.717, 1.165) is 8.66 Å². The lowest BCUT2D eigenvalue weighted by molar-refractivity contribution is -0.142. The van der Waals surface area contributed by atoms with Gasteiger partial charge >= 0.3 is 5.97 Å². The third kappa shape index (κ3) is 5.25. The highest BCUT2D eigenvalue weighted by Gasteiger charge is 2.22. The van der Waals surface area contributed by atoms with Crippen LogP contribution in [0.15, 0.2) is 15.9 Å². The summed E-state index contributed by atoms with van der Waals surface area (Å²) in [4.78, 5) is 24.2. The number of carbonyl (C=O) groups is 2. The number of halogens is 1. The third-order valence-electron chi connectivity index (χ3n) is 3.04. The van der Waals surface area contributed by atoms with E-state index >= 15 is 0 Å². The predicted octanol–water partition coefficient (Wildman–Crippen LogP) is 3.48. The number of amides is 1. The molecule has 0 saturated heterocycles. The molecule has 0 fully saturated rings. The SMILES string of the molecule is CC(C)CC(CNC(=O)C(C)c1ccc(Br)s1)C(=O)O. The molecule has 0 aliphatic carbocycles. The van der Waals surface area contributed by atoms with E-state index in [1.165, 1.54) is 11.3 Å². The fraction of sp³-hybridized carbons (Fsp3) is 0.571. The number of nitrogens with one attached hydrogen (secondary N) is 1. The van der Waals surface area contributed by atoms with Crippen LogP contribution < -0.4 is 5.32 Å². The number of carboxylic acid groups (broad SMARTS) is 1. The van der Waals surface area contributed by atoms with Crippen LogP contribution in [0.25, 0.3) is 0 Å². The van der Waals surface area contributed by atoms with Crippen LogP contribution in [0.4, 0.5) is 0 Å². The summed E-state index contributed by atoms with van der Waals surface area (Å²) in [6.07, 6.45) is 0.564. The molecule has 1 rings (SSSR count). The van der Waals surface area contributed by atoms with Gasteiger partial charge in [-0.05, 0) is 47.3 Å². The first-order valence-electron chi connectivity index (χ1n) is 6.57. The number of carbonyl (C=O) groups excluding carboxylic acids is 1. The van der Waals surface area contributed by atoms with Gasteiger partial charge in [0.25, 0.3) is 0 Å². The summed E-state index contributed by atoms with van der Waals surface area (Å²) in [5.74, 6) is -1.49. The van der Waals surface area contributed by atoms with Crippen molar-refractivity contribution in [3.05, 3.63) is 20.8 Å². The van der Waals surface area contributed by atoms with Crippen molar-refractivity contribution < 1.29 is 14.7 Å². The second-order valence-electron chi connectivity index (χ2n) is 5.27. The maximum Gasteiger partial charge on any atom is 0.308 e. The lowest BCUT2D eigenvalue weighted by atomic mass is 9.97. The number of aliphatic carboxylic acids is 1. The Morgan fingerprint density at radius 1 is 1.35 bits per heavy atom. The Morgan fingerprint density at radius 2 is 2.00 bits per heavy atom. The summed E-state index contributed by atoms with van der Waals surface area (Å²) in [6, 6.07) is 3.81. The molecule has 6 heteroatoms.